The third-order valence-electron chi connectivity index (χ3n) is 3.10. The molecule has 110 valence electrons. The number of anilines is 1. The average Bonchev–Trinajstić information content (AvgIpc) is 2.45. The second-order valence-corrected chi connectivity index (χ2v) is 4.80. The second kappa shape index (κ2) is 6.78. The van der Waals surface area contributed by atoms with Crippen molar-refractivity contribution in [2.24, 2.45) is 11.7 Å². The molecule has 0 radical (unpaired) electrons. The van der Waals surface area contributed by atoms with Gasteiger partial charge >= 0.3 is 0 Å². The van der Waals surface area contributed by atoms with E-state index in [9.17, 15) is 9.18 Å². The summed E-state index contributed by atoms with van der Waals surface area (Å²) in [4.78, 5) is 19.7. The Morgan fingerprint density at radius 1 is 1.33 bits per heavy atom. The first-order chi connectivity index (χ1) is 10.0. The summed E-state index contributed by atoms with van der Waals surface area (Å²) in [5.41, 5.74) is 6.28. The summed E-state index contributed by atoms with van der Waals surface area (Å²) < 4.78 is 12.9. The number of primary amides is 1. The molecule has 3 N–H and O–H groups in total. The van der Waals surface area contributed by atoms with Crippen LogP contribution in [0.4, 0.5) is 10.2 Å². The van der Waals surface area contributed by atoms with Gasteiger partial charge in [0.05, 0.1) is 5.92 Å². The Hall–Kier alpha value is -2.50. The number of nitrogens with two attached hydrogens (primary N) is 1. The number of halogens is 1. The summed E-state index contributed by atoms with van der Waals surface area (Å²) in [6, 6.07) is 7.77. The van der Waals surface area contributed by atoms with Gasteiger partial charge < -0.3 is 11.1 Å². The van der Waals surface area contributed by atoms with E-state index in [0.29, 0.717) is 24.6 Å². The maximum absolute atomic E-state index is 12.9. The number of carbonyl (C=O) groups excluding carboxylic acids is 1. The largest absolute Gasteiger partial charge is 0.369 e. The minimum atomic E-state index is -0.405. The molecule has 0 fully saturated rings. The van der Waals surface area contributed by atoms with Crippen LogP contribution in [0.1, 0.15) is 11.4 Å². The Morgan fingerprint density at radius 2 is 2.05 bits per heavy atom. The molecule has 21 heavy (non-hydrogen) atoms. The van der Waals surface area contributed by atoms with Gasteiger partial charge in [0.15, 0.2) is 0 Å². The molecule has 2 rings (SSSR count). The van der Waals surface area contributed by atoms with Crippen LogP contribution in [-0.2, 0) is 11.2 Å². The van der Waals surface area contributed by atoms with Crippen LogP contribution in [0.15, 0.2) is 36.5 Å². The van der Waals surface area contributed by atoms with E-state index in [2.05, 4.69) is 15.3 Å². The lowest BCUT2D eigenvalue weighted by molar-refractivity contribution is -0.121. The van der Waals surface area contributed by atoms with Crippen LogP contribution < -0.4 is 11.1 Å². The molecular weight excluding hydrogens is 271 g/mol. The fourth-order valence-corrected chi connectivity index (χ4v) is 1.96. The van der Waals surface area contributed by atoms with Gasteiger partial charge in [-0.15, -0.1) is 0 Å². The number of nitrogens with one attached hydrogen (secondary N) is 1. The molecule has 1 amide bonds. The number of rotatable bonds is 6. The summed E-state index contributed by atoms with van der Waals surface area (Å²) in [6.07, 6.45) is 2.09. The van der Waals surface area contributed by atoms with Crippen LogP contribution in [0.5, 0.6) is 0 Å². The highest BCUT2D eigenvalue weighted by Gasteiger charge is 2.16. The standard InChI is InChI=1S/C15H17FN4O/c1-10-18-7-6-14(20-10)19-9-12(15(17)21)8-11-2-4-13(16)5-3-11/h2-7,12H,8-9H2,1H3,(H2,17,21)(H,18,19,20)/t12-/m1/s1. The molecule has 0 aliphatic heterocycles. The first-order valence-corrected chi connectivity index (χ1v) is 6.62. The first kappa shape index (κ1) is 14.9. The van der Waals surface area contributed by atoms with Gasteiger partial charge in [0.1, 0.15) is 17.5 Å². The van der Waals surface area contributed by atoms with E-state index in [4.69, 9.17) is 5.73 Å². The molecular formula is C15H17FN4O. The predicted molar refractivity (Wildman–Crippen MR) is 78.0 cm³/mol. The molecule has 0 saturated heterocycles. The lowest BCUT2D eigenvalue weighted by Gasteiger charge is -2.15. The van der Waals surface area contributed by atoms with Gasteiger partial charge in [0.25, 0.3) is 0 Å². The van der Waals surface area contributed by atoms with Gasteiger partial charge in [-0.05, 0) is 37.1 Å². The summed E-state index contributed by atoms with van der Waals surface area (Å²) in [6.45, 7) is 2.15. The van der Waals surface area contributed by atoms with Gasteiger partial charge in [-0.25, -0.2) is 14.4 Å². The Morgan fingerprint density at radius 3 is 2.67 bits per heavy atom. The molecule has 1 atom stereocenters. The Kier molecular flexibility index (Phi) is 4.81. The van der Waals surface area contributed by atoms with Crippen LogP contribution in [-0.4, -0.2) is 22.4 Å². The van der Waals surface area contributed by atoms with Crippen molar-refractivity contribution >= 4 is 11.7 Å². The van der Waals surface area contributed by atoms with Crippen molar-refractivity contribution in [2.75, 3.05) is 11.9 Å². The number of nitrogens with zero attached hydrogens (tertiary/aromatic N) is 2. The Balaban J connectivity index is 1.99. The monoisotopic (exact) mass is 288 g/mol. The number of aromatic nitrogens is 2. The first-order valence-electron chi connectivity index (χ1n) is 6.62. The number of carbonyl (C=O) groups is 1. The van der Waals surface area contributed by atoms with Crippen LogP contribution >= 0.6 is 0 Å². The van der Waals surface area contributed by atoms with E-state index in [0.717, 1.165) is 5.56 Å². The van der Waals surface area contributed by atoms with Crippen molar-refractivity contribution < 1.29 is 9.18 Å². The molecule has 0 aliphatic rings. The highest BCUT2D eigenvalue weighted by Crippen LogP contribution is 2.11. The van der Waals surface area contributed by atoms with Crippen molar-refractivity contribution in [1.29, 1.82) is 0 Å². The van der Waals surface area contributed by atoms with Crippen LogP contribution in [0.25, 0.3) is 0 Å². The molecule has 1 heterocycles. The Labute approximate surface area is 122 Å². The zero-order valence-electron chi connectivity index (χ0n) is 11.7. The molecule has 0 bridgehead atoms. The normalized spacial score (nSPS) is 11.9. The third-order valence-corrected chi connectivity index (χ3v) is 3.10. The van der Waals surface area contributed by atoms with Gasteiger partial charge in [-0.1, -0.05) is 12.1 Å². The SMILES string of the molecule is Cc1nccc(NC[C@@H](Cc2ccc(F)cc2)C(N)=O)n1. The van der Waals surface area contributed by atoms with E-state index in [1.54, 1.807) is 31.3 Å². The molecule has 0 aliphatic carbocycles. The summed E-state index contributed by atoms with van der Waals surface area (Å²) in [5.74, 6) is 0.189. The van der Waals surface area contributed by atoms with Crippen LogP contribution in [0.2, 0.25) is 0 Å². The van der Waals surface area contributed by atoms with Gasteiger partial charge in [-0.3, -0.25) is 4.79 Å². The number of benzene rings is 1. The number of hydrogen-bond donors (Lipinski definition) is 2. The maximum Gasteiger partial charge on any atom is 0.222 e. The fourth-order valence-electron chi connectivity index (χ4n) is 1.96. The zero-order chi connectivity index (χ0) is 15.2. The lowest BCUT2D eigenvalue weighted by atomic mass is 9.98. The quantitative estimate of drug-likeness (QED) is 0.847. The van der Waals surface area contributed by atoms with E-state index in [-0.39, 0.29) is 5.82 Å². The van der Waals surface area contributed by atoms with Crippen LogP contribution in [0, 0.1) is 18.7 Å². The summed E-state index contributed by atoms with van der Waals surface area (Å²) >= 11 is 0. The van der Waals surface area contributed by atoms with Gasteiger partial charge in [0, 0.05) is 12.7 Å². The fraction of sp³-hybridized carbons (Fsp3) is 0.267. The van der Waals surface area contributed by atoms with E-state index in [1.807, 2.05) is 0 Å². The van der Waals surface area contributed by atoms with Crippen molar-refractivity contribution in [1.82, 2.24) is 9.97 Å². The van der Waals surface area contributed by atoms with Crippen molar-refractivity contribution in [3.05, 3.63) is 53.7 Å². The molecule has 2 aromatic rings. The highest BCUT2D eigenvalue weighted by atomic mass is 19.1. The Bertz CT molecular complexity index is 615. The number of aryl methyl sites for hydroxylation is 1. The third kappa shape index (κ3) is 4.52. The number of hydrogen-bond acceptors (Lipinski definition) is 4. The molecule has 0 spiro atoms. The maximum atomic E-state index is 12.9. The minimum Gasteiger partial charge on any atom is -0.369 e. The van der Waals surface area contributed by atoms with Crippen molar-refractivity contribution in [3.8, 4) is 0 Å². The van der Waals surface area contributed by atoms with Gasteiger partial charge in [0.2, 0.25) is 5.91 Å². The topological polar surface area (TPSA) is 80.9 Å². The molecule has 5 nitrogen and oxygen atoms in total. The zero-order valence-corrected chi connectivity index (χ0v) is 11.7. The highest BCUT2D eigenvalue weighted by molar-refractivity contribution is 5.77. The summed E-state index contributed by atoms with van der Waals surface area (Å²) in [5, 5.41) is 3.07. The molecule has 0 unspecified atom stereocenters. The molecule has 1 aromatic carbocycles. The predicted octanol–water partition coefficient (Wildman–Crippen LogP) is 1.68. The smallest absolute Gasteiger partial charge is 0.222 e. The summed E-state index contributed by atoms with van der Waals surface area (Å²) in [7, 11) is 0. The second-order valence-electron chi connectivity index (χ2n) is 4.80. The van der Waals surface area contributed by atoms with E-state index >= 15 is 0 Å². The molecule has 1 aromatic heterocycles. The lowest BCUT2D eigenvalue weighted by Crippen LogP contribution is -2.31. The van der Waals surface area contributed by atoms with Gasteiger partial charge in [-0.2, -0.15) is 0 Å². The van der Waals surface area contributed by atoms with E-state index < -0.39 is 11.8 Å². The van der Waals surface area contributed by atoms with Crippen LogP contribution in [0.3, 0.4) is 0 Å². The van der Waals surface area contributed by atoms with Crippen molar-refractivity contribution in [2.45, 2.75) is 13.3 Å². The number of amides is 1. The average molecular weight is 288 g/mol. The molecule has 6 heteroatoms. The molecule has 0 saturated carbocycles. The van der Waals surface area contributed by atoms with E-state index in [1.165, 1.54) is 12.1 Å². The van der Waals surface area contributed by atoms with Crippen molar-refractivity contribution in [3.63, 3.8) is 0 Å². The minimum absolute atomic E-state index is 0.302.